The summed E-state index contributed by atoms with van der Waals surface area (Å²) in [6.07, 6.45) is -0.0113. The van der Waals surface area contributed by atoms with Crippen LogP contribution in [0.5, 0.6) is 5.75 Å². The summed E-state index contributed by atoms with van der Waals surface area (Å²) < 4.78 is 5.69. The monoisotopic (exact) mass is 308 g/mol. The van der Waals surface area contributed by atoms with Crippen molar-refractivity contribution < 1.29 is 19.7 Å². The molecule has 0 saturated carbocycles. The lowest BCUT2D eigenvalue weighted by Crippen LogP contribution is -2.37. The molecule has 4 N–H and O–H groups in total. The molecule has 0 radical (unpaired) electrons. The highest BCUT2D eigenvalue weighted by Crippen LogP contribution is 2.38. The van der Waals surface area contributed by atoms with E-state index in [9.17, 15) is 9.90 Å². The molecule has 0 bridgehead atoms. The molecule has 3 unspecified atom stereocenters. The van der Waals surface area contributed by atoms with Crippen LogP contribution in [0.25, 0.3) is 0 Å². The van der Waals surface area contributed by atoms with Crippen LogP contribution in [0, 0.1) is 0 Å². The van der Waals surface area contributed by atoms with Gasteiger partial charge in [-0.3, -0.25) is 4.79 Å². The molecule has 6 nitrogen and oxygen atoms in total. The van der Waals surface area contributed by atoms with E-state index in [2.05, 4.69) is 10.6 Å². The molecule has 0 saturated heterocycles. The number of anilines is 1. The molecule has 6 heteroatoms. The van der Waals surface area contributed by atoms with Crippen LogP contribution < -0.4 is 15.4 Å². The largest absolute Gasteiger partial charge is 0.490 e. The van der Waals surface area contributed by atoms with Gasteiger partial charge in [-0.15, -0.1) is 0 Å². The first-order chi connectivity index (χ1) is 10.5. The second kappa shape index (κ2) is 7.58. The Morgan fingerprint density at radius 2 is 2.23 bits per heavy atom. The van der Waals surface area contributed by atoms with E-state index in [0.717, 1.165) is 11.3 Å². The Hall–Kier alpha value is -1.63. The molecule has 0 aliphatic carbocycles. The van der Waals surface area contributed by atoms with Gasteiger partial charge in [0.25, 0.3) is 0 Å². The van der Waals surface area contributed by atoms with Gasteiger partial charge in [-0.05, 0) is 32.4 Å². The third-order valence-corrected chi connectivity index (χ3v) is 3.85. The average Bonchev–Trinajstić information content (AvgIpc) is 2.79. The number of fused-ring (bicyclic) bond motifs is 1. The second-order valence-electron chi connectivity index (χ2n) is 5.71. The number of hydrogen-bond acceptors (Lipinski definition) is 5. The lowest BCUT2D eigenvalue weighted by atomic mass is 10.0. The van der Waals surface area contributed by atoms with Crippen molar-refractivity contribution in [1.82, 2.24) is 5.32 Å². The number of nitrogens with one attached hydrogen (secondary N) is 2. The van der Waals surface area contributed by atoms with Crippen LogP contribution in [-0.4, -0.2) is 48.0 Å². The summed E-state index contributed by atoms with van der Waals surface area (Å²) in [6, 6.07) is 5.62. The van der Waals surface area contributed by atoms with Gasteiger partial charge >= 0.3 is 0 Å². The zero-order chi connectivity index (χ0) is 16.1. The smallest absolute Gasteiger partial charge is 0.231 e. The van der Waals surface area contributed by atoms with Gasteiger partial charge in [-0.1, -0.05) is 6.07 Å². The number of amides is 1. The minimum Gasteiger partial charge on any atom is -0.490 e. The topological polar surface area (TPSA) is 90.8 Å². The van der Waals surface area contributed by atoms with Crippen LogP contribution in [0.1, 0.15) is 31.7 Å². The molecule has 1 heterocycles. The third kappa shape index (κ3) is 3.97. The van der Waals surface area contributed by atoms with Crippen LogP contribution in [0.2, 0.25) is 0 Å². The first-order valence-corrected chi connectivity index (χ1v) is 7.61. The molecule has 22 heavy (non-hydrogen) atoms. The number of aliphatic hydroxyl groups excluding tert-OH is 2. The van der Waals surface area contributed by atoms with Gasteiger partial charge < -0.3 is 25.6 Å². The van der Waals surface area contributed by atoms with Crippen LogP contribution in [-0.2, 0) is 4.79 Å². The van der Waals surface area contributed by atoms with Crippen molar-refractivity contribution in [2.24, 2.45) is 0 Å². The Kier molecular flexibility index (Phi) is 5.76. The van der Waals surface area contributed by atoms with E-state index in [-0.39, 0.29) is 31.1 Å². The van der Waals surface area contributed by atoms with Gasteiger partial charge in [-0.2, -0.15) is 0 Å². The van der Waals surface area contributed by atoms with Crippen molar-refractivity contribution in [2.75, 3.05) is 25.1 Å². The maximum absolute atomic E-state index is 11.7. The molecule has 1 aromatic carbocycles. The van der Waals surface area contributed by atoms with Crippen LogP contribution in [0.3, 0.4) is 0 Å². The number of hydrogen-bond donors (Lipinski definition) is 4. The summed E-state index contributed by atoms with van der Waals surface area (Å²) in [5, 5.41) is 24.7. The quantitative estimate of drug-likeness (QED) is 0.571. The number of ether oxygens (including phenoxy) is 1. The SMILES string of the molecule is CC(CCO)NCC(O)COc1cccc2c1C(C)C(=O)N2. The molecular formula is C16H24N2O4. The summed E-state index contributed by atoms with van der Waals surface area (Å²) in [5.74, 6) is 0.350. The molecule has 0 fully saturated rings. The predicted octanol–water partition coefficient (Wildman–Crippen LogP) is 0.842. The standard InChI is InChI=1S/C16H24N2O4/c1-10(6-7-19)17-8-12(20)9-22-14-5-3-4-13-15(14)11(2)16(21)18-13/h3-5,10-12,17,19-20H,6-9H2,1-2H3,(H,18,21). The molecule has 3 atom stereocenters. The van der Waals surface area contributed by atoms with Crippen LogP contribution >= 0.6 is 0 Å². The minimum absolute atomic E-state index is 0.0360. The highest BCUT2D eigenvalue weighted by Gasteiger charge is 2.29. The maximum Gasteiger partial charge on any atom is 0.231 e. The highest BCUT2D eigenvalue weighted by atomic mass is 16.5. The van der Waals surface area contributed by atoms with E-state index < -0.39 is 6.10 Å². The molecule has 1 aliphatic rings. The summed E-state index contributed by atoms with van der Waals surface area (Å²) in [7, 11) is 0. The number of rotatable bonds is 8. The maximum atomic E-state index is 11.7. The molecular weight excluding hydrogens is 284 g/mol. The van der Waals surface area contributed by atoms with Crippen LogP contribution in [0.4, 0.5) is 5.69 Å². The Morgan fingerprint density at radius 3 is 2.95 bits per heavy atom. The summed E-state index contributed by atoms with van der Waals surface area (Å²) in [5.41, 5.74) is 1.63. The lowest BCUT2D eigenvalue weighted by Gasteiger charge is -2.18. The molecule has 1 aromatic rings. The van der Waals surface area contributed by atoms with E-state index in [0.29, 0.717) is 18.7 Å². The van der Waals surface area contributed by atoms with Crippen molar-refractivity contribution >= 4 is 11.6 Å². The van der Waals surface area contributed by atoms with Crippen molar-refractivity contribution in [2.45, 2.75) is 38.3 Å². The Labute approximate surface area is 130 Å². The van der Waals surface area contributed by atoms with E-state index in [4.69, 9.17) is 9.84 Å². The van der Waals surface area contributed by atoms with Gasteiger partial charge in [0.2, 0.25) is 5.91 Å². The first-order valence-electron chi connectivity index (χ1n) is 7.61. The van der Waals surface area contributed by atoms with Crippen molar-refractivity contribution in [3.05, 3.63) is 23.8 Å². The normalized spacial score (nSPS) is 19.5. The van der Waals surface area contributed by atoms with Gasteiger partial charge in [0.05, 0.1) is 5.92 Å². The predicted molar refractivity (Wildman–Crippen MR) is 84.2 cm³/mol. The molecule has 2 rings (SSSR count). The summed E-state index contributed by atoms with van der Waals surface area (Å²) >= 11 is 0. The van der Waals surface area contributed by atoms with Crippen molar-refractivity contribution in [3.8, 4) is 5.75 Å². The average molecular weight is 308 g/mol. The fourth-order valence-corrected chi connectivity index (χ4v) is 2.48. The Morgan fingerprint density at radius 1 is 1.45 bits per heavy atom. The summed E-state index contributed by atoms with van der Waals surface area (Å²) in [6.45, 7) is 4.45. The number of benzene rings is 1. The number of carbonyl (C=O) groups is 1. The molecule has 1 aliphatic heterocycles. The fraction of sp³-hybridized carbons (Fsp3) is 0.562. The molecule has 0 aromatic heterocycles. The van der Waals surface area contributed by atoms with Gasteiger partial charge in [0.1, 0.15) is 18.5 Å². The van der Waals surface area contributed by atoms with Gasteiger partial charge in [-0.25, -0.2) is 0 Å². The van der Waals surface area contributed by atoms with E-state index >= 15 is 0 Å². The third-order valence-electron chi connectivity index (χ3n) is 3.85. The molecule has 1 amide bonds. The van der Waals surface area contributed by atoms with Gasteiger partial charge in [0, 0.05) is 30.4 Å². The van der Waals surface area contributed by atoms with E-state index in [1.54, 1.807) is 0 Å². The van der Waals surface area contributed by atoms with Gasteiger partial charge in [0.15, 0.2) is 0 Å². The summed E-state index contributed by atoms with van der Waals surface area (Å²) in [4.78, 5) is 11.7. The van der Waals surface area contributed by atoms with Crippen molar-refractivity contribution in [1.29, 1.82) is 0 Å². The number of aliphatic hydroxyl groups is 2. The molecule has 122 valence electrons. The minimum atomic E-state index is -0.655. The number of carbonyl (C=O) groups excluding carboxylic acids is 1. The zero-order valence-electron chi connectivity index (χ0n) is 13.0. The lowest BCUT2D eigenvalue weighted by molar-refractivity contribution is -0.116. The van der Waals surface area contributed by atoms with Crippen molar-refractivity contribution in [3.63, 3.8) is 0 Å². The van der Waals surface area contributed by atoms with E-state index in [1.807, 2.05) is 32.0 Å². The zero-order valence-corrected chi connectivity index (χ0v) is 13.0. The highest BCUT2D eigenvalue weighted by molar-refractivity contribution is 6.03. The first kappa shape index (κ1) is 16.7. The second-order valence-corrected chi connectivity index (χ2v) is 5.71. The van der Waals surface area contributed by atoms with E-state index in [1.165, 1.54) is 0 Å². The van der Waals surface area contributed by atoms with Crippen LogP contribution in [0.15, 0.2) is 18.2 Å². The Balaban J connectivity index is 1.88. The molecule has 0 spiro atoms. The fourth-order valence-electron chi connectivity index (χ4n) is 2.48. The Bertz CT molecular complexity index is 521.